The molecule has 1 N–H and O–H groups in total. The minimum absolute atomic E-state index is 0.0680. The second kappa shape index (κ2) is 9.32. The topological polar surface area (TPSA) is 65.8 Å². The quantitative estimate of drug-likeness (QED) is 0.753. The zero-order chi connectivity index (χ0) is 19.1. The summed E-state index contributed by atoms with van der Waals surface area (Å²) in [7, 11) is 0. The van der Waals surface area contributed by atoms with Crippen LogP contribution in [-0.4, -0.2) is 60.9 Å². The van der Waals surface area contributed by atoms with Crippen LogP contribution in [0, 0.1) is 5.82 Å². The number of carbonyl (C=O) groups is 2. The van der Waals surface area contributed by atoms with Crippen LogP contribution in [0.25, 0.3) is 0 Å². The van der Waals surface area contributed by atoms with Crippen molar-refractivity contribution in [3.63, 3.8) is 0 Å². The maximum absolute atomic E-state index is 13.5. The van der Waals surface area contributed by atoms with Gasteiger partial charge in [0.2, 0.25) is 5.91 Å². The molecule has 6 nitrogen and oxygen atoms in total. The van der Waals surface area contributed by atoms with E-state index in [9.17, 15) is 14.0 Å². The molecule has 0 radical (unpaired) electrons. The van der Waals surface area contributed by atoms with E-state index >= 15 is 0 Å². The first kappa shape index (κ1) is 19.1. The molecular formula is C20H24FN3O3. The van der Waals surface area contributed by atoms with Gasteiger partial charge in [-0.05, 0) is 36.7 Å². The number of benzene rings is 1. The summed E-state index contributed by atoms with van der Waals surface area (Å²) in [5, 5.41) is 3.19. The van der Waals surface area contributed by atoms with Crippen molar-refractivity contribution >= 4 is 11.8 Å². The Morgan fingerprint density at radius 2 is 1.74 bits per heavy atom. The second-order valence-corrected chi connectivity index (χ2v) is 6.49. The molecule has 1 aliphatic rings. The van der Waals surface area contributed by atoms with E-state index in [1.165, 1.54) is 12.3 Å². The number of hydrogen-bond donors (Lipinski definition) is 1. The van der Waals surface area contributed by atoms with Gasteiger partial charge in [-0.1, -0.05) is 18.2 Å². The maximum atomic E-state index is 13.5. The normalized spacial score (nSPS) is 14.4. The highest BCUT2D eigenvalue weighted by atomic mass is 19.1. The van der Waals surface area contributed by atoms with Crippen LogP contribution in [0.5, 0.6) is 0 Å². The lowest BCUT2D eigenvalue weighted by Crippen LogP contribution is -2.50. The molecule has 7 heteroatoms. The summed E-state index contributed by atoms with van der Waals surface area (Å²) >= 11 is 0. The second-order valence-electron chi connectivity index (χ2n) is 6.49. The van der Waals surface area contributed by atoms with Gasteiger partial charge in [0.05, 0.1) is 6.26 Å². The number of halogens is 1. The molecule has 0 bridgehead atoms. The van der Waals surface area contributed by atoms with Crippen LogP contribution in [0.2, 0.25) is 0 Å². The van der Waals surface area contributed by atoms with Crippen molar-refractivity contribution in [3.05, 3.63) is 59.8 Å². The molecular weight excluding hydrogens is 349 g/mol. The van der Waals surface area contributed by atoms with Gasteiger partial charge < -0.3 is 19.5 Å². The Morgan fingerprint density at radius 1 is 1.00 bits per heavy atom. The fraction of sp³-hybridized carbons (Fsp3) is 0.400. The molecule has 0 spiro atoms. The summed E-state index contributed by atoms with van der Waals surface area (Å²) in [5.74, 6) is 0.0616. The maximum Gasteiger partial charge on any atom is 0.289 e. The van der Waals surface area contributed by atoms with Gasteiger partial charge in [-0.3, -0.25) is 9.59 Å². The fourth-order valence-electron chi connectivity index (χ4n) is 3.12. The van der Waals surface area contributed by atoms with E-state index in [0.29, 0.717) is 63.4 Å². The van der Waals surface area contributed by atoms with Gasteiger partial charge in [-0.2, -0.15) is 0 Å². The molecule has 2 aromatic rings. The largest absolute Gasteiger partial charge is 0.459 e. The zero-order valence-electron chi connectivity index (χ0n) is 15.2. The Balaban J connectivity index is 1.33. The van der Waals surface area contributed by atoms with E-state index < -0.39 is 0 Å². The highest BCUT2D eigenvalue weighted by Gasteiger charge is 2.25. The number of nitrogens with one attached hydrogen (secondary N) is 1. The van der Waals surface area contributed by atoms with Crippen molar-refractivity contribution in [2.45, 2.75) is 12.8 Å². The van der Waals surface area contributed by atoms with Crippen molar-refractivity contribution in [2.24, 2.45) is 0 Å². The smallest absolute Gasteiger partial charge is 0.289 e. The Hall–Kier alpha value is -2.67. The molecule has 2 amide bonds. The number of carbonyl (C=O) groups excluding carboxylic acids is 2. The van der Waals surface area contributed by atoms with Crippen molar-refractivity contribution in [3.8, 4) is 0 Å². The standard InChI is InChI=1S/C20H24FN3O3/c21-17-5-2-1-4-16(17)7-9-22-10-8-19(25)23-11-13-24(14-12-23)20(26)18-6-3-15-27-18/h1-6,15,22H,7-14H2. The first-order valence-electron chi connectivity index (χ1n) is 9.20. The van der Waals surface area contributed by atoms with Crippen LogP contribution >= 0.6 is 0 Å². The van der Waals surface area contributed by atoms with Crippen LogP contribution in [0.3, 0.4) is 0 Å². The van der Waals surface area contributed by atoms with Gasteiger partial charge in [0.25, 0.3) is 5.91 Å². The minimum Gasteiger partial charge on any atom is -0.459 e. The molecule has 1 aromatic carbocycles. The summed E-state index contributed by atoms with van der Waals surface area (Å²) < 4.78 is 18.7. The molecule has 3 rings (SSSR count). The van der Waals surface area contributed by atoms with E-state index in [1.54, 1.807) is 34.1 Å². The number of piperazine rings is 1. The van der Waals surface area contributed by atoms with Gasteiger partial charge >= 0.3 is 0 Å². The van der Waals surface area contributed by atoms with Crippen molar-refractivity contribution < 1.29 is 18.4 Å². The van der Waals surface area contributed by atoms with Crippen LogP contribution in [0.1, 0.15) is 22.5 Å². The van der Waals surface area contributed by atoms with E-state index in [-0.39, 0.29) is 17.6 Å². The number of hydrogen-bond acceptors (Lipinski definition) is 4. The summed E-state index contributed by atoms with van der Waals surface area (Å²) in [4.78, 5) is 28.0. The average molecular weight is 373 g/mol. The van der Waals surface area contributed by atoms with Gasteiger partial charge in [-0.15, -0.1) is 0 Å². The van der Waals surface area contributed by atoms with Crippen LogP contribution in [0.4, 0.5) is 4.39 Å². The average Bonchev–Trinajstić information content (AvgIpc) is 3.23. The molecule has 27 heavy (non-hydrogen) atoms. The lowest BCUT2D eigenvalue weighted by molar-refractivity contribution is -0.132. The Bertz CT molecular complexity index is 756. The highest BCUT2D eigenvalue weighted by molar-refractivity contribution is 5.91. The van der Waals surface area contributed by atoms with Crippen molar-refractivity contribution in [2.75, 3.05) is 39.3 Å². The van der Waals surface area contributed by atoms with Crippen LogP contribution < -0.4 is 5.32 Å². The van der Waals surface area contributed by atoms with E-state index in [4.69, 9.17) is 4.42 Å². The molecule has 1 fully saturated rings. The van der Waals surface area contributed by atoms with E-state index in [1.807, 2.05) is 6.07 Å². The summed E-state index contributed by atoms with van der Waals surface area (Å²) in [6.07, 6.45) is 2.46. The third-order valence-electron chi connectivity index (χ3n) is 4.70. The van der Waals surface area contributed by atoms with Gasteiger partial charge in [-0.25, -0.2) is 4.39 Å². The number of furan rings is 1. The van der Waals surface area contributed by atoms with Crippen molar-refractivity contribution in [1.29, 1.82) is 0 Å². The molecule has 1 saturated heterocycles. The monoisotopic (exact) mass is 373 g/mol. The minimum atomic E-state index is -0.197. The number of rotatable bonds is 7. The molecule has 144 valence electrons. The van der Waals surface area contributed by atoms with Crippen molar-refractivity contribution in [1.82, 2.24) is 15.1 Å². The van der Waals surface area contributed by atoms with Crippen LogP contribution in [-0.2, 0) is 11.2 Å². The predicted octanol–water partition coefficient (Wildman–Crippen LogP) is 1.93. The molecule has 0 aliphatic carbocycles. The number of amides is 2. The van der Waals surface area contributed by atoms with Gasteiger partial charge in [0.1, 0.15) is 5.82 Å². The molecule has 0 unspecified atom stereocenters. The van der Waals surface area contributed by atoms with Gasteiger partial charge in [0.15, 0.2) is 5.76 Å². The molecule has 2 heterocycles. The number of nitrogens with zero attached hydrogens (tertiary/aromatic N) is 2. The fourth-order valence-corrected chi connectivity index (χ4v) is 3.12. The van der Waals surface area contributed by atoms with Crippen LogP contribution in [0.15, 0.2) is 47.1 Å². The summed E-state index contributed by atoms with van der Waals surface area (Å²) in [6, 6.07) is 10.0. The Kier molecular flexibility index (Phi) is 6.59. The SMILES string of the molecule is O=C(CCNCCc1ccccc1F)N1CCN(C(=O)c2ccco2)CC1. The first-order chi connectivity index (χ1) is 13.1. The summed E-state index contributed by atoms with van der Waals surface area (Å²) in [6.45, 7) is 3.25. The third-order valence-corrected chi connectivity index (χ3v) is 4.70. The lowest BCUT2D eigenvalue weighted by atomic mass is 10.1. The highest BCUT2D eigenvalue weighted by Crippen LogP contribution is 2.10. The Labute approximate surface area is 157 Å². The van der Waals surface area contributed by atoms with Gasteiger partial charge in [0, 0.05) is 39.1 Å². The first-order valence-corrected chi connectivity index (χ1v) is 9.20. The predicted molar refractivity (Wildman–Crippen MR) is 98.8 cm³/mol. The summed E-state index contributed by atoms with van der Waals surface area (Å²) in [5.41, 5.74) is 0.675. The molecule has 0 atom stereocenters. The molecule has 1 aliphatic heterocycles. The Morgan fingerprint density at radius 3 is 2.44 bits per heavy atom. The lowest BCUT2D eigenvalue weighted by Gasteiger charge is -2.34. The third kappa shape index (κ3) is 5.17. The van der Waals surface area contributed by atoms with E-state index in [0.717, 1.165) is 0 Å². The zero-order valence-corrected chi connectivity index (χ0v) is 15.2. The van der Waals surface area contributed by atoms with E-state index in [2.05, 4.69) is 5.32 Å². The molecule has 0 saturated carbocycles. The molecule has 1 aromatic heterocycles.